The van der Waals surface area contributed by atoms with E-state index < -0.39 is 0 Å². The first-order valence-electron chi connectivity index (χ1n) is 11.4. The number of nitrogens with one attached hydrogen (secondary N) is 2. The third-order valence-corrected chi connectivity index (χ3v) is 8.59. The first-order valence-corrected chi connectivity index (χ1v) is 13.2. The highest BCUT2D eigenvalue weighted by molar-refractivity contribution is 8.01. The predicted octanol–water partition coefficient (Wildman–Crippen LogP) is 6.06. The summed E-state index contributed by atoms with van der Waals surface area (Å²) < 4.78 is 1.20. The molecule has 0 aromatic carbocycles. The molecule has 7 heteroatoms. The predicted molar refractivity (Wildman–Crippen MR) is 137 cm³/mol. The highest BCUT2D eigenvalue weighted by Crippen LogP contribution is 2.50. The molecule has 3 heterocycles. The summed E-state index contributed by atoms with van der Waals surface area (Å²) in [5.41, 5.74) is 4.77. The van der Waals surface area contributed by atoms with Crippen LogP contribution in [0.2, 0.25) is 0 Å². The molecule has 1 aliphatic heterocycles. The Morgan fingerprint density at radius 3 is 2.79 bits per heavy atom. The lowest BCUT2D eigenvalue weighted by atomic mass is 9.69. The molecule has 2 aromatic heterocycles. The van der Waals surface area contributed by atoms with Gasteiger partial charge in [-0.15, -0.1) is 23.1 Å². The van der Waals surface area contributed by atoms with Crippen molar-refractivity contribution in [2.45, 2.75) is 64.0 Å². The number of carbonyl (C=O) groups excluding carboxylic acids is 2. The molecule has 0 radical (unpaired) electrons. The first-order chi connectivity index (χ1) is 15.7. The summed E-state index contributed by atoms with van der Waals surface area (Å²) in [6.07, 6.45) is 5.52. The Hall–Kier alpha value is -2.38. The lowest BCUT2D eigenvalue weighted by Crippen LogP contribution is -2.39. The van der Waals surface area contributed by atoms with Gasteiger partial charge in [-0.3, -0.25) is 14.6 Å². The van der Waals surface area contributed by atoms with Crippen LogP contribution in [-0.4, -0.2) is 22.4 Å². The van der Waals surface area contributed by atoms with Crippen LogP contribution in [0.15, 0.2) is 57.3 Å². The van der Waals surface area contributed by atoms with Crippen LogP contribution in [0.25, 0.3) is 0 Å². The van der Waals surface area contributed by atoms with Crippen molar-refractivity contribution < 1.29 is 9.59 Å². The van der Waals surface area contributed by atoms with Crippen LogP contribution in [-0.2, 0) is 16.0 Å². The zero-order valence-electron chi connectivity index (χ0n) is 19.9. The second-order valence-corrected chi connectivity index (χ2v) is 12.0. The second kappa shape index (κ2) is 9.47. The molecule has 174 valence electrons. The monoisotopic (exact) mass is 481 g/mol. The number of Topliss-reactive ketones (excluding diaryl/α,β-unsaturated/α-hetero) is 1. The highest BCUT2D eigenvalue weighted by Gasteiger charge is 2.43. The van der Waals surface area contributed by atoms with Crippen LogP contribution in [0.3, 0.4) is 0 Å². The number of pyridine rings is 1. The average molecular weight is 482 g/mol. The Bertz CT molecular complexity index is 1150. The molecular formula is C26H31N3O2S2. The summed E-state index contributed by atoms with van der Waals surface area (Å²) in [7, 11) is 0. The third kappa shape index (κ3) is 4.80. The molecule has 0 spiro atoms. The van der Waals surface area contributed by atoms with Crippen molar-refractivity contribution in [3.05, 3.63) is 63.6 Å². The van der Waals surface area contributed by atoms with Crippen LogP contribution in [0.1, 0.15) is 63.8 Å². The van der Waals surface area contributed by atoms with Crippen LogP contribution in [0, 0.1) is 5.41 Å². The summed E-state index contributed by atoms with van der Waals surface area (Å²) in [6, 6.07) is 5.83. The molecule has 0 saturated heterocycles. The number of dihydropyridines is 1. The molecule has 0 saturated carbocycles. The Morgan fingerprint density at radius 2 is 2.12 bits per heavy atom. The Kier molecular flexibility index (Phi) is 6.82. The topological polar surface area (TPSA) is 71.1 Å². The molecule has 4 rings (SSSR count). The van der Waals surface area contributed by atoms with E-state index in [1.54, 1.807) is 41.6 Å². The molecule has 2 aromatic rings. The van der Waals surface area contributed by atoms with Crippen molar-refractivity contribution in [2.24, 2.45) is 5.41 Å². The van der Waals surface area contributed by atoms with Crippen molar-refractivity contribution in [3.63, 3.8) is 0 Å². The van der Waals surface area contributed by atoms with Gasteiger partial charge in [0.1, 0.15) is 0 Å². The van der Waals surface area contributed by atoms with E-state index in [1.807, 2.05) is 13.0 Å². The summed E-state index contributed by atoms with van der Waals surface area (Å²) >= 11 is 3.57. The molecule has 1 unspecified atom stereocenters. The van der Waals surface area contributed by atoms with E-state index >= 15 is 0 Å². The summed E-state index contributed by atoms with van der Waals surface area (Å²) in [6.45, 7) is 10.5. The summed E-state index contributed by atoms with van der Waals surface area (Å²) in [5.74, 6) is 0.509. The van der Waals surface area contributed by atoms with E-state index in [2.05, 4.69) is 49.4 Å². The minimum atomic E-state index is -0.368. The normalized spacial score (nSPS) is 19.9. The zero-order chi connectivity index (χ0) is 23.8. The molecule has 5 nitrogen and oxygen atoms in total. The minimum Gasteiger partial charge on any atom is -0.362 e. The van der Waals surface area contributed by atoms with Gasteiger partial charge in [0.05, 0.1) is 16.1 Å². The number of hydrogen-bond acceptors (Lipinski definition) is 6. The number of ketones is 1. The number of nitrogens with zero attached hydrogens (tertiary/aromatic N) is 1. The van der Waals surface area contributed by atoms with Crippen LogP contribution in [0.4, 0.5) is 5.69 Å². The summed E-state index contributed by atoms with van der Waals surface area (Å²) in [4.78, 5) is 32.6. The lowest BCUT2D eigenvalue weighted by Gasteiger charge is -2.39. The van der Waals surface area contributed by atoms with E-state index in [4.69, 9.17) is 0 Å². The van der Waals surface area contributed by atoms with Gasteiger partial charge >= 0.3 is 0 Å². The molecule has 1 amide bonds. The SMILES string of the molecule is CCSc1sc(CC)cc1C1C(C(=O)Nc2cccnc2)=C(C)NC2=C1C(=O)CC(C)(C)C2. The van der Waals surface area contributed by atoms with Gasteiger partial charge in [0, 0.05) is 46.0 Å². The zero-order valence-corrected chi connectivity index (χ0v) is 21.5. The van der Waals surface area contributed by atoms with Crippen LogP contribution in [0.5, 0.6) is 0 Å². The number of aromatic nitrogens is 1. The fraction of sp³-hybridized carbons (Fsp3) is 0.423. The highest BCUT2D eigenvalue weighted by atomic mass is 32.2. The largest absolute Gasteiger partial charge is 0.362 e. The maximum absolute atomic E-state index is 13.6. The molecule has 0 bridgehead atoms. The second-order valence-electron chi connectivity index (χ2n) is 9.37. The van der Waals surface area contributed by atoms with Crippen molar-refractivity contribution in [3.8, 4) is 0 Å². The number of aryl methyl sites for hydroxylation is 1. The van der Waals surface area contributed by atoms with Gasteiger partial charge in [-0.25, -0.2) is 0 Å². The van der Waals surface area contributed by atoms with Crippen molar-refractivity contribution >= 4 is 40.5 Å². The number of hydrogen-bond donors (Lipinski definition) is 2. The smallest absolute Gasteiger partial charge is 0.254 e. The molecule has 1 aliphatic carbocycles. The number of carbonyl (C=O) groups is 2. The molecule has 0 fully saturated rings. The maximum atomic E-state index is 13.6. The van der Waals surface area contributed by atoms with E-state index in [-0.39, 0.29) is 23.0 Å². The number of anilines is 1. The maximum Gasteiger partial charge on any atom is 0.254 e. The Balaban J connectivity index is 1.86. The fourth-order valence-corrected chi connectivity index (χ4v) is 7.12. The molecule has 33 heavy (non-hydrogen) atoms. The third-order valence-electron chi connectivity index (χ3n) is 6.11. The number of rotatable bonds is 6. The fourth-order valence-electron chi connectivity index (χ4n) is 4.74. The molecule has 2 aliphatic rings. The van der Waals surface area contributed by atoms with E-state index in [0.29, 0.717) is 17.7 Å². The van der Waals surface area contributed by atoms with Crippen molar-refractivity contribution in [1.82, 2.24) is 10.3 Å². The van der Waals surface area contributed by atoms with E-state index in [9.17, 15) is 9.59 Å². The number of thioether (sulfide) groups is 1. The molecular weight excluding hydrogens is 450 g/mol. The van der Waals surface area contributed by atoms with Gasteiger partial charge in [-0.05, 0) is 54.7 Å². The van der Waals surface area contributed by atoms with Gasteiger partial charge in [0.2, 0.25) is 0 Å². The van der Waals surface area contributed by atoms with Crippen molar-refractivity contribution in [2.75, 3.05) is 11.1 Å². The Labute approximate surface area is 204 Å². The van der Waals surface area contributed by atoms with Gasteiger partial charge in [0.25, 0.3) is 5.91 Å². The molecule has 1 atom stereocenters. The molecule has 2 N–H and O–H groups in total. The summed E-state index contributed by atoms with van der Waals surface area (Å²) in [5, 5.41) is 6.46. The lowest BCUT2D eigenvalue weighted by molar-refractivity contribution is -0.118. The minimum absolute atomic E-state index is 0.104. The van der Waals surface area contributed by atoms with Crippen LogP contribution >= 0.6 is 23.1 Å². The van der Waals surface area contributed by atoms with Crippen molar-refractivity contribution in [1.29, 1.82) is 0 Å². The van der Waals surface area contributed by atoms with Gasteiger partial charge in [-0.1, -0.05) is 27.7 Å². The van der Waals surface area contributed by atoms with Gasteiger partial charge in [0.15, 0.2) is 5.78 Å². The number of allylic oxidation sites excluding steroid dienone is 3. The number of amides is 1. The quantitative estimate of drug-likeness (QED) is 0.491. The number of thiophene rings is 1. The first kappa shape index (κ1) is 23.8. The van der Waals surface area contributed by atoms with Gasteiger partial charge < -0.3 is 10.6 Å². The average Bonchev–Trinajstić information content (AvgIpc) is 3.15. The Morgan fingerprint density at radius 1 is 1.33 bits per heavy atom. The van der Waals surface area contributed by atoms with E-state index in [0.717, 1.165) is 41.1 Å². The standard InChI is InChI=1S/C26H31N3O2S2/c1-6-17-11-18(25(33-17)32-7-2)22-21(24(31)29-16-9-8-10-27-14-16)15(3)28-19-12-26(4,5)13-20(30)23(19)22/h8-11,14,22,28H,6-7,12-13H2,1-5H3,(H,29,31). The van der Waals surface area contributed by atoms with E-state index in [1.165, 1.54) is 9.09 Å². The van der Waals surface area contributed by atoms with Crippen LogP contribution < -0.4 is 10.6 Å². The van der Waals surface area contributed by atoms with Gasteiger partial charge in [-0.2, -0.15) is 0 Å².